The lowest BCUT2D eigenvalue weighted by molar-refractivity contribution is 0.666. The zero-order chi connectivity index (χ0) is 38.9. The molecule has 8 aromatic carbocycles. The van der Waals surface area contributed by atoms with E-state index in [9.17, 15) is 0 Å². The van der Waals surface area contributed by atoms with Crippen molar-refractivity contribution in [3.8, 4) is 22.3 Å². The van der Waals surface area contributed by atoms with E-state index < -0.39 is 6.17 Å². The number of nitrogens with zero attached hydrogens (tertiary/aromatic N) is 2. The minimum absolute atomic E-state index is 0.325. The second-order valence-electron chi connectivity index (χ2n) is 15.6. The summed E-state index contributed by atoms with van der Waals surface area (Å²) in [5.41, 5.74) is 15.2. The van der Waals surface area contributed by atoms with Crippen molar-refractivity contribution in [2.75, 3.05) is 0 Å². The molecule has 5 heteroatoms. The van der Waals surface area contributed by atoms with Gasteiger partial charge in [0, 0.05) is 38.6 Å². The summed E-state index contributed by atoms with van der Waals surface area (Å²) >= 11 is 0. The Morgan fingerprint density at radius 1 is 0.458 bits per heavy atom. The average molecular weight is 760 g/mol. The summed E-state index contributed by atoms with van der Waals surface area (Å²) in [6.07, 6.45) is 1.57. The molecule has 1 aliphatic heterocycles. The fourth-order valence-electron chi connectivity index (χ4n) is 9.41. The Balaban J connectivity index is 1.02. The van der Waals surface area contributed by atoms with Crippen molar-refractivity contribution in [2.24, 2.45) is 9.98 Å². The highest BCUT2D eigenvalue weighted by molar-refractivity contribution is 6.21. The van der Waals surface area contributed by atoms with Gasteiger partial charge in [-0.1, -0.05) is 146 Å². The number of benzene rings is 8. The SMILES string of the molecule is c1ccc(C2=NC(c3cccc4oc5ccc(-c6ccc7c(c6)-c6ccccc6CCC7c6ccccc6)cc5c34)N=C(c3cccc4c3oc3ccccc34)N2)cc1. The molecule has 0 amide bonds. The van der Waals surface area contributed by atoms with E-state index in [1.807, 2.05) is 48.5 Å². The minimum Gasteiger partial charge on any atom is -0.456 e. The van der Waals surface area contributed by atoms with Crippen molar-refractivity contribution < 1.29 is 8.83 Å². The van der Waals surface area contributed by atoms with Gasteiger partial charge in [-0.25, -0.2) is 9.98 Å². The standard InChI is InChI=1S/C54H37N3O2/c1-3-13-33(14-4-1)39-28-25-34-15-7-8-18-38(34)45-31-36(26-29-40(39)45)37-27-30-48-46(32-37)50-43(21-12-24-49(50)58-48)53-55-52(35-16-5-2-6-17-35)56-54(57-53)44-22-11-20-42-41-19-9-10-23-47(41)59-51(42)44/h1-24,26-27,29-32,39,53H,25,28H2,(H,55,56,57). The molecule has 280 valence electrons. The number of hydrogen-bond acceptors (Lipinski definition) is 5. The summed E-state index contributed by atoms with van der Waals surface area (Å²) in [4.78, 5) is 10.7. The molecule has 2 atom stereocenters. The molecule has 0 radical (unpaired) electrons. The van der Waals surface area contributed by atoms with E-state index in [0.29, 0.717) is 11.8 Å². The minimum atomic E-state index is -0.548. The lowest BCUT2D eigenvalue weighted by atomic mass is 9.84. The van der Waals surface area contributed by atoms with Gasteiger partial charge in [-0.2, -0.15) is 0 Å². The predicted octanol–water partition coefficient (Wildman–Crippen LogP) is 13.4. The molecule has 2 unspecified atom stereocenters. The second kappa shape index (κ2) is 13.6. The molecule has 1 aliphatic carbocycles. The van der Waals surface area contributed by atoms with Crippen LogP contribution in [-0.4, -0.2) is 11.7 Å². The summed E-state index contributed by atoms with van der Waals surface area (Å²) in [5, 5.41) is 7.78. The van der Waals surface area contributed by atoms with Crippen molar-refractivity contribution in [1.82, 2.24) is 5.32 Å². The Labute approximate surface area is 341 Å². The van der Waals surface area contributed by atoms with Crippen LogP contribution in [0.3, 0.4) is 0 Å². The van der Waals surface area contributed by atoms with Crippen molar-refractivity contribution in [3.63, 3.8) is 0 Å². The molecule has 10 aromatic rings. The van der Waals surface area contributed by atoms with Crippen LogP contribution in [0, 0.1) is 0 Å². The molecular weight excluding hydrogens is 723 g/mol. The van der Waals surface area contributed by atoms with E-state index in [-0.39, 0.29) is 0 Å². The molecule has 0 bridgehead atoms. The largest absolute Gasteiger partial charge is 0.456 e. The number of para-hydroxylation sites is 2. The molecule has 2 aromatic heterocycles. The molecule has 0 saturated heterocycles. The van der Waals surface area contributed by atoms with Gasteiger partial charge in [-0.3, -0.25) is 0 Å². The fraction of sp³-hybridized carbons (Fsp3) is 0.0741. The zero-order valence-electron chi connectivity index (χ0n) is 32.1. The maximum Gasteiger partial charge on any atom is 0.170 e. The molecule has 0 fully saturated rings. The van der Waals surface area contributed by atoms with Crippen LogP contribution in [-0.2, 0) is 6.42 Å². The Kier molecular flexibility index (Phi) is 7.73. The first kappa shape index (κ1) is 33.6. The van der Waals surface area contributed by atoms with E-state index in [0.717, 1.165) is 84.8 Å². The van der Waals surface area contributed by atoms with Gasteiger partial charge in [0.25, 0.3) is 0 Å². The fourth-order valence-corrected chi connectivity index (χ4v) is 9.41. The average Bonchev–Trinajstić information content (AvgIpc) is 3.83. The van der Waals surface area contributed by atoms with Crippen LogP contribution in [0.5, 0.6) is 0 Å². The normalized spacial score (nSPS) is 16.3. The number of fused-ring (bicyclic) bond motifs is 9. The lowest BCUT2D eigenvalue weighted by Gasteiger charge is -2.23. The van der Waals surface area contributed by atoms with Crippen molar-refractivity contribution >= 4 is 55.5 Å². The first-order valence-corrected chi connectivity index (χ1v) is 20.3. The molecule has 5 nitrogen and oxygen atoms in total. The highest BCUT2D eigenvalue weighted by atomic mass is 16.3. The van der Waals surface area contributed by atoms with E-state index in [1.165, 1.54) is 33.4 Å². The number of furan rings is 2. The molecule has 12 rings (SSSR count). The van der Waals surface area contributed by atoms with E-state index in [1.54, 1.807) is 0 Å². The van der Waals surface area contributed by atoms with Gasteiger partial charge in [0.2, 0.25) is 0 Å². The van der Waals surface area contributed by atoms with Crippen LogP contribution in [0.4, 0.5) is 0 Å². The quantitative estimate of drug-likeness (QED) is 0.190. The van der Waals surface area contributed by atoms with Crippen LogP contribution in [0.25, 0.3) is 66.1 Å². The number of aryl methyl sites for hydroxylation is 1. The Morgan fingerprint density at radius 3 is 2.07 bits per heavy atom. The highest BCUT2D eigenvalue weighted by Crippen LogP contribution is 2.44. The van der Waals surface area contributed by atoms with Crippen LogP contribution < -0.4 is 5.32 Å². The van der Waals surface area contributed by atoms with Crippen molar-refractivity contribution in [3.05, 3.63) is 215 Å². The number of hydrogen-bond donors (Lipinski definition) is 1. The molecule has 2 aliphatic rings. The Morgan fingerprint density at radius 2 is 1.15 bits per heavy atom. The van der Waals surface area contributed by atoms with Crippen LogP contribution in [0.2, 0.25) is 0 Å². The summed E-state index contributed by atoms with van der Waals surface area (Å²) in [6.45, 7) is 0. The van der Waals surface area contributed by atoms with Gasteiger partial charge in [0.1, 0.15) is 34.0 Å². The monoisotopic (exact) mass is 759 g/mol. The van der Waals surface area contributed by atoms with Crippen molar-refractivity contribution in [1.29, 1.82) is 0 Å². The zero-order valence-corrected chi connectivity index (χ0v) is 32.1. The Bertz CT molecular complexity index is 3320. The molecule has 1 N–H and O–H groups in total. The number of rotatable bonds is 5. The van der Waals surface area contributed by atoms with Gasteiger partial charge < -0.3 is 14.2 Å². The van der Waals surface area contributed by atoms with E-state index >= 15 is 0 Å². The van der Waals surface area contributed by atoms with Crippen LogP contribution >= 0.6 is 0 Å². The highest BCUT2D eigenvalue weighted by Gasteiger charge is 2.27. The first-order valence-electron chi connectivity index (χ1n) is 20.3. The summed E-state index contributed by atoms with van der Waals surface area (Å²) < 4.78 is 13.1. The van der Waals surface area contributed by atoms with Gasteiger partial charge in [-0.15, -0.1) is 0 Å². The number of nitrogens with one attached hydrogen (secondary N) is 1. The molecule has 0 spiro atoms. The van der Waals surface area contributed by atoms with Gasteiger partial charge in [0.15, 0.2) is 6.17 Å². The summed E-state index contributed by atoms with van der Waals surface area (Å²) in [5.74, 6) is 1.78. The predicted molar refractivity (Wildman–Crippen MR) is 240 cm³/mol. The maximum absolute atomic E-state index is 6.58. The maximum atomic E-state index is 6.58. The molecule has 0 saturated carbocycles. The summed E-state index contributed by atoms with van der Waals surface area (Å²) in [7, 11) is 0. The molecule has 3 heterocycles. The van der Waals surface area contributed by atoms with Gasteiger partial charge in [0.05, 0.1) is 5.56 Å². The van der Waals surface area contributed by atoms with Crippen molar-refractivity contribution in [2.45, 2.75) is 24.9 Å². The third-order valence-electron chi connectivity index (χ3n) is 12.2. The lowest BCUT2D eigenvalue weighted by Crippen LogP contribution is -2.36. The van der Waals surface area contributed by atoms with Crippen LogP contribution in [0.1, 0.15) is 51.9 Å². The number of amidine groups is 2. The summed E-state index contributed by atoms with van der Waals surface area (Å²) in [6, 6.07) is 64.4. The molecular formula is C54H37N3O2. The topological polar surface area (TPSA) is 63.0 Å². The van der Waals surface area contributed by atoms with E-state index in [2.05, 4.69) is 139 Å². The number of aliphatic imine (C=N–C) groups is 2. The third-order valence-corrected chi connectivity index (χ3v) is 12.2. The van der Waals surface area contributed by atoms with Gasteiger partial charge >= 0.3 is 0 Å². The Hall–Kier alpha value is -7.50. The van der Waals surface area contributed by atoms with Gasteiger partial charge in [-0.05, 0) is 88.2 Å². The van der Waals surface area contributed by atoms with Crippen LogP contribution in [0.15, 0.2) is 201 Å². The third kappa shape index (κ3) is 5.61. The smallest absolute Gasteiger partial charge is 0.170 e. The van der Waals surface area contributed by atoms with E-state index in [4.69, 9.17) is 18.8 Å². The second-order valence-corrected chi connectivity index (χ2v) is 15.6. The first-order chi connectivity index (χ1) is 29.2. The molecule has 59 heavy (non-hydrogen) atoms.